The van der Waals surface area contributed by atoms with Crippen LogP contribution in [0.5, 0.6) is 0 Å². The van der Waals surface area contributed by atoms with Crippen LogP contribution in [0.2, 0.25) is 0 Å². The van der Waals surface area contributed by atoms with E-state index in [9.17, 15) is 0 Å². The van der Waals surface area contributed by atoms with Crippen LogP contribution in [0.4, 0.5) is 5.69 Å². The molecule has 0 bridgehead atoms. The lowest BCUT2D eigenvalue weighted by Crippen LogP contribution is -2.01. The molecule has 0 heterocycles. The summed E-state index contributed by atoms with van der Waals surface area (Å²) in [5.41, 5.74) is 5.18. The minimum Gasteiger partial charge on any atom is -0.271 e. The van der Waals surface area contributed by atoms with Gasteiger partial charge in [0.15, 0.2) is 0 Å². The quantitative estimate of drug-likeness (QED) is 0.693. The van der Waals surface area contributed by atoms with Crippen molar-refractivity contribution in [3.05, 3.63) is 78.4 Å². The summed E-state index contributed by atoms with van der Waals surface area (Å²) in [7, 11) is 0. The largest absolute Gasteiger partial charge is 0.271 e. The topological polar surface area (TPSA) is 21.3 Å². The van der Waals surface area contributed by atoms with Crippen LogP contribution in [0.25, 0.3) is 10.8 Å². The molecule has 0 aliphatic heterocycles. The van der Waals surface area contributed by atoms with Crippen molar-refractivity contribution in [2.24, 2.45) is 0 Å². The number of fused-ring (bicyclic) bond motifs is 1. The van der Waals surface area contributed by atoms with E-state index in [1.54, 1.807) is 0 Å². The minimum atomic E-state index is 0.546. The van der Waals surface area contributed by atoms with Gasteiger partial charge in [-0.2, -0.15) is 0 Å². The molecule has 0 saturated carbocycles. The van der Waals surface area contributed by atoms with Gasteiger partial charge in [-0.3, -0.25) is 10.3 Å². The summed E-state index contributed by atoms with van der Waals surface area (Å²) in [6, 6.07) is 24.5. The highest BCUT2D eigenvalue weighted by molar-refractivity contribution is 5.93. The van der Waals surface area contributed by atoms with Crippen LogP contribution in [-0.2, 0) is 11.4 Å². The fraction of sp³-hybridized carbons (Fsp3) is 0.0588. The average molecular weight is 249 g/mol. The molecule has 0 unspecified atom stereocenters. The van der Waals surface area contributed by atoms with Gasteiger partial charge in [-0.15, -0.1) is 0 Å². The molecule has 1 N–H and O–H groups in total. The van der Waals surface area contributed by atoms with Gasteiger partial charge in [-0.1, -0.05) is 66.7 Å². The Hall–Kier alpha value is -2.32. The van der Waals surface area contributed by atoms with E-state index in [1.165, 1.54) is 5.39 Å². The molecule has 3 aromatic carbocycles. The van der Waals surface area contributed by atoms with Crippen molar-refractivity contribution in [3.8, 4) is 0 Å². The van der Waals surface area contributed by atoms with Gasteiger partial charge in [-0.25, -0.2) is 0 Å². The van der Waals surface area contributed by atoms with Crippen molar-refractivity contribution in [3.63, 3.8) is 0 Å². The van der Waals surface area contributed by atoms with Gasteiger partial charge in [0.2, 0.25) is 0 Å². The molecule has 0 aromatic heterocycles. The van der Waals surface area contributed by atoms with E-state index in [-0.39, 0.29) is 0 Å². The Labute approximate surface area is 112 Å². The van der Waals surface area contributed by atoms with Crippen molar-refractivity contribution in [1.82, 2.24) is 0 Å². The molecular formula is C17H15NO. The van der Waals surface area contributed by atoms with Crippen LogP contribution in [0, 0.1) is 0 Å². The molecule has 0 atom stereocenters. The van der Waals surface area contributed by atoms with Gasteiger partial charge in [0.25, 0.3) is 0 Å². The first-order valence-electron chi connectivity index (χ1n) is 6.33. The van der Waals surface area contributed by atoms with E-state index in [4.69, 9.17) is 4.84 Å². The molecule has 3 aromatic rings. The molecule has 2 nitrogen and oxygen atoms in total. The van der Waals surface area contributed by atoms with Crippen LogP contribution in [-0.4, -0.2) is 0 Å². The fourth-order valence-electron chi connectivity index (χ4n) is 2.09. The zero-order valence-corrected chi connectivity index (χ0v) is 10.5. The highest BCUT2D eigenvalue weighted by Gasteiger charge is 1.99. The maximum absolute atomic E-state index is 5.56. The number of hydrogen-bond acceptors (Lipinski definition) is 2. The van der Waals surface area contributed by atoms with Crippen LogP contribution in [0.3, 0.4) is 0 Å². The molecule has 0 amide bonds. The molecule has 0 spiro atoms. The molecule has 19 heavy (non-hydrogen) atoms. The SMILES string of the molecule is c1ccc(CONc2cccc3ccccc23)cc1. The molecule has 0 radical (unpaired) electrons. The second kappa shape index (κ2) is 5.55. The zero-order chi connectivity index (χ0) is 12.9. The first-order valence-corrected chi connectivity index (χ1v) is 6.33. The molecule has 94 valence electrons. The Morgan fingerprint density at radius 2 is 1.47 bits per heavy atom. The second-order valence-corrected chi connectivity index (χ2v) is 4.40. The Balaban J connectivity index is 1.72. The summed E-state index contributed by atoms with van der Waals surface area (Å²) in [6.45, 7) is 0.546. The molecular weight excluding hydrogens is 234 g/mol. The molecule has 3 rings (SSSR count). The molecule has 0 aliphatic carbocycles. The fourth-order valence-corrected chi connectivity index (χ4v) is 2.09. The number of rotatable bonds is 4. The van der Waals surface area contributed by atoms with E-state index in [1.807, 2.05) is 54.6 Å². The predicted molar refractivity (Wildman–Crippen MR) is 78.8 cm³/mol. The lowest BCUT2D eigenvalue weighted by atomic mass is 10.1. The van der Waals surface area contributed by atoms with Crippen LogP contribution >= 0.6 is 0 Å². The minimum absolute atomic E-state index is 0.546. The Kier molecular flexibility index (Phi) is 3.43. The molecule has 0 aliphatic rings. The Morgan fingerprint density at radius 3 is 2.37 bits per heavy atom. The summed E-state index contributed by atoms with van der Waals surface area (Å²) in [4.78, 5) is 5.56. The third kappa shape index (κ3) is 2.75. The van der Waals surface area contributed by atoms with Crippen LogP contribution < -0.4 is 5.48 Å². The van der Waals surface area contributed by atoms with Gasteiger partial charge >= 0.3 is 0 Å². The maximum Gasteiger partial charge on any atom is 0.0996 e. The number of nitrogens with one attached hydrogen (secondary N) is 1. The standard InChI is InChI=1S/C17H15NO/c1-2-7-14(8-3-1)13-19-18-17-12-6-10-15-9-4-5-11-16(15)17/h1-12,18H,13H2. The summed E-state index contributed by atoms with van der Waals surface area (Å²) < 4.78 is 0. The van der Waals surface area contributed by atoms with E-state index < -0.39 is 0 Å². The highest BCUT2D eigenvalue weighted by atomic mass is 16.6. The van der Waals surface area contributed by atoms with Gasteiger partial charge in [0.05, 0.1) is 12.3 Å². The summed E-state index contributed by atoms with van der Waals surface area (Å²) >= 11 is 0. The maximum atomic E-state index is 5.56. The van der Waals surface area contributed by atoms with Gasteiger partial charge in [0, 0.05) is 5.39 Å². The summed E-state index contributed by atoms with van der Waals surface area (Å²) in [5, 5.41) is 2.37. The van der Waals surface area contributed by atoms with E-state index in [0.29, 0.717) is 6.61 Å². The van der Waals surface area contributed by atoms with E-state index >= 15 is 0 Å². The number of anilines is 1. The van der Waals surface area contributed by atoms with Crippen molar-refractivity contribution in [2.75, 3.05) is 5.48 Å². The predicted octanol–water partition coefficient (Wildman–Crippen LogP) is 4.38. The number of benzene rings is 3. The lowest BCUT2D eigenvalue weighted by Gasteiger charge is -2.09. The first-order chi connectivity index (χ1) is 9.43. The lowest BCUT2D eigenvalue weighted by molar-refractivity contribution is 0.180. The smallest absolute Gasteiger partial charge is 0.0996 e. The summed E-state index contributed by atoms with van der Waals surface area (Å²) in [5.74, 6) is 0. The van der Waals surface area contributed by atoms with Crippen molar-refractivity contribution >= 4 is 16.5 Å². The van der Waals surface area contributed by atoms with E-state index in [2.05, 4.69) is 23.7 Å². The normalized spacial score (nSPS) is 10.5. The molecule has 0 saturated heterocycles. The monoisotopic (exact) mass is 249 g/mol. The number of hydrogen-bond donors (Lipinski definition) is 1. The molecule has 0 fully saturated rings. The summed E-state index contributed by atoms with van der Waals surface area (Å²) in [6.07, 6.45) is 0. The van der Waals surface area contributed by atoms with Crippen LogP contribution in [0.15, 0.2) is 72.8 Å². The highest BCUT2D eigenvalue weighted by Crippen LogP contribution is 2.23. The second-order valence-electron chi connectivity index (χ2n) is 4.40. The van der Waals surface area contributed by atoms with Crippen molar-refractivity contribution in [1.29, 1.82) is 0 Å². The average Bonchev–Trinajstić information content (AvgIpc) is 2.49. The van der Waals surface area contributed by atoms with Crippen molar-refractivity contribution in [2.45, 2.75) is 6.61 Å². The Morgan fingerprint density at radius 1 is 0.737 bits per heavy atom. The first kappa shape index (κ1) is 11.8. The third-order valence-corrected chi connectivity index (χ3v) is 3.05. The third-order valence-electron chi connectivity index (χ3n) is 3.05. The van der Waals surface area contributed by atoms with E-state index in [0.717, 1.165) is 16.6 Å². The molecule has 2 heteroatoms. The van der Waals surface area contributed by atoms with Crippen LogP contribution in [0.1, 0.15) is 5.56 Å². The van der Waals surface area contributed by atoms with Gasteiger partial charge < -0.3 is 0 Å². The van der Waals surface area contributed by atoms with Crippen molar-refractivity contribution < 1.29 is 4.84 Å². The van der Waals surface area contributed by atoms with Gasteiger partial charge in [-0.05, 0) is 17.0 Å². The zero-order valence-electron chi connectivity index (χ0n) is 10.5. The van der Waals surface area contributed by atoms with Gasteiger partial charge in [0.1, 0.15) is 0 Å². The Bertz CT molecular complexity index is 659.